The van der Waals surface area contributed by atoms with E-state index in [0.717, 1.165) is 18.2 Å². The van der Waals surface area contributed by atoms with E-state index in [2.05, 4.69) is 10.6 Å². The summed E-state index contributed by atoms with van der Waals surface area (Å²) >= 11 is 5.86. The molecule has 0 radical (unpaired) electrons. The molecule has 1 atom stereocenters. The molecule has 0 aliphatic heterocycles. The van der Waals surface area contributed by atoms with Gasteiger partial charge < -0.3 is 15.5 Å². The highest BCUT2D eigenvalue weighted by atomic mass is 35.5. The van der Waals surface area contributed by atoms with E-state index in [9.17, 15) is 22.8 Å². The van der Waals surface area contributed by atoms with Crippen molar-refractivity contribution in [2.75, 3.05) is 25.0 Å². The Kier molecular flexibility index (Phi) is 7.46. The van der Waals surface area contributed by atoms with Crippen molar-refractivity contribution >= 4 is 29.1 Å². The van der Waals surface area contributed by atoms with Gasteiger partial charge in [0.05, 0.1) is 22.8 Å². The number of alkyl halides is 3. The largest absolute Gasteiger partial charge is 0.416 e. The summed E-state index contributed by atoms with van der Waals surface area (Å²) in [5.41, 5.74) is -1.40. The van der Waals surface area contributed by atoms with Gasteiger partial charge in [-0.3, -0.25) is 9.59 Å². The number of halogens is 4. The van der Waals surface area contributed by atoms with Crippen molar-refractivity contribution in [3.05, 3.63) is 28.8 Å². The molecule has 0 bridgehead atoms. The van der Waals surface area contributed by atoms with Gasteiger partial charge in [-0.1, -0.05) is 11.6 Å². The quantitative estimate of drug-likeness (QED) is 0.692. The minimum absolute atomic E-state index is 0.00914. The first-order valence-electron chi connectivity index (χ1n) is 8.13. The van der Waals surface area contributed by atoms with Crippen molar-refractivity contribution in [1.82, 2.24) is 5.32 Å². The third-order valence-electron chi connectivity index (χ3n) is 3.40. The highest BCUT2D eigenvalue weighted by Gasteiger charge is 2.31. The van der Waals surface area contributed by atoms with Crippen LogP contribution in [0.3, 0.4) is 0 Å². The van der Waals surface area contributed by atoms with Crippen LogP contribution in [0.15, 0.2) is 18.2 Å². The zero-order valence-electron chi connectivity index (χ0n) is 15.2. The lowest BCUT2D eigenvalue weighted by atomic mass is 10.1. The Bertz CT molecular complexity index is 658. The van der Waals surface area contributed by atoms with E-state index in [1.54, 1.807) is 0 Å². The molecule has 0 aliphatic rings. The van der Waals surface area contributed by atoms with Crippen molar-refractivity contribution < 1.29 is 27.7 Å². The Morgan fingerprint density at radius 1 is 1.12 bits per heavy atom. The van der Waals surface area contributed by atoms with Crippen LogP contribution in [0.2, 0.25) is 5.02 Å². The molecule has 0 aliphatic carbocycles. The van der Waals surface area contributed by atoms with Gasteiger partial charge in [0.1, 0.15) is 0 Å². The first kappa shape index (κ1) is 22.2. The van der Waals surface area contributed by atoms with Crippen molar-refractivity contribution in [1.29, 1.82) is 0 Å². The third-order valence-corrected chi connectivity index (χ3v) is 3.73. The van der Waals surface area contributed by atoms with Gasteiger partial charge in [0.15, 0.2) is 13.1 Å². The number of rotatable bonds is 6. The number of carbonyl (C=O) groups is 2. The molecular weight excluding hydrogens is 371 g/mol. The molecule has 2 amide bonds. The predicted octanol–water partition coefficient (Wildman–Crippen LogP) is 2.12. The van der Waals surface area contributed by atoms with Crippen LogP contribution in [0.5, 0.6) is 0 Å². The molecule has 0 saturated heterocycles. The number of likely N-dealkylation sites (N-methyl/N-ethyl adjacent to an activating group) is 1. The Labute approximate surface area is 155 Å². The molecule has 0 heterocycles. The summed E-state index contributed by atoms with van der Waals surface area (Å²) in [7, 11) is 0. The van der Waals surface area contributed by atoms with E-state index >= 15 is 0 Å². The van der Waals surface area contributed by atoms with E-state index in [1.807, 2.05) is 27.7 Å². The highest BCUT2D eigenvalue weighted by Crippen LogP contribution is 2.33. The summed E-state index contributed by atoms with van der Waals surface area (Å²) in [6.45, 7) is 7.86. The first-order valence-corrected chi connectivity index (χ1v) is 8.51. The Hall–Kier alpha value is -1.80. The molecule has 1 aromatic rings. The number of nitrogens with one attached hydrogen (secondary N) is 3. The molecule has 0 saturated carbocycles. The number of hydrogen-bond acceptors (Lipinski definition) is 2. The smallest absolute Gasteiger partial charge is 0.347 e. The van der Waals surface area contributed by atoms with Crippen molar-refractivity contribution in [2.45, 2.75) is 39.4 Å². The Morgan fingerprint density at radius 2 is 1.69 bits per heavy atom. The van der Waals surface area contributed by atoms with Crippen LogP contribution in [0.25, 0.3) is 0 Å². The normalized spacial score (nSPS) is 13.2. The van der Waals surface area contributed by atoms with E-state index in [0.29, 0.717) is 11.4 Å². The zero-order valence-corrected chi connectivity index (χ0v) is 15.9. The number of carbonyl (C=O) groups excluding carboxylic acids is 2. The molecule has 146 valence electrons. The number of benzene rings is 1. The number of hydrogen-bond donors (Lipinski definition) is 3. The maximum absolute atomic E-state index is 12.8. The summed E-state index contributed by atoms with van der Waals surface area (Å²) in [6.07, 6.45) is -4.53. The fourth-order valence-electron chi connectivity index (χ4n) is 2.22. The van der Waals surface area contributed by atoms with Crippen LogP contribution in [0.1, 0.15) is 33.3 Å². The van der Waals surface area contributed by atoms with E-state index < -0.39 is 17.6 Å². The van der Waals surface area contributed by atoms with Crippen LogP contribution in [0.4, 0.5) is 18.9 Å². The minimum Gasteiger partial charge on any atom is -0.347 e. The van der Waals surface area contributed by atoms with Crippen LogP contribution in [-0.4, -0.2) is 37.0 Å². The van der Waals surface area contributed by atoms with Crippen LogP contribution in [0, 0.1) is 0 Å². The van der Waals surface area contributed by atoms with Gasteiger partial charge in [-0.25, -0.2) is 0 Å². The summed E-state index contributed by atoms with van der Waals surface area (Å²) < 4.78 is 38.3. The molecule has 26 heavy (non-hydrogen) atoms. The van der Waals surface area contributed by atoms with E-state index in [-0.39, 0.29) is 35.2 Å². The van der Waals surface area contributed by atoms with Gasteiger partial charge in [0, 0.05) is 5.54 Å². The average Bonchev–Trinajstić information content (AvgIpc) is 2.45. The number of amides is 2. The van der Waals surface area contributed by atoms with Gasteiger partial charge in [0.25, 0.3) is 11.8 Å². The Balaban J connectivity index is 2.74. The van der Waals surface area contributed by atoms with Gasteiger partial charge in [-0.15, -0.1) is 0 Å². The van der Waals surface area contributed by atoms with Crippen LogP contribution >= 0.6 is 11.6 Å². The van der Waals surface area contributed by atoms with Gasteiger partial charge >= 0.3 is 6.18 Å². The van der Waals surface area contributed by atoms with Gasteiger partial charge in [-0.05, 0) is 45.9 Å². The summed E-state index contributed by atoms with van der Waals surface area (Å²) in [4.78, 5) is 24.8. The average molecular weight is 395 g/mol. The summed E-state index contributed by atoms with van der Waals surface area (Å²) in [6, 6.07) is 2.72. The molecule has 0 spiro atoms. The van der Waals surface area contributed by atoms with Crippen molar-refractivity contribution in [3.8, 4) is 0 Å². The lowest BCUT2D eigenvalue weighted by molar-refractivity contribution is -0.881. The zero-order chi connectivity index (χ0) is 20.1. The standard InChI is InChI=1S/C17H23ClF3N3O2/c1-5-24(10-15(26)23-16(2,3)4)9-14(25)22-13-8-11(17(19,20)21)6-7-12(13)18/h6-8H,5,9-10H2,1-4H3,(H,22,25)(H,23,26)/p+1. The molecule has 9 heteroatoms. The molecule has 3 N–H and O–H groups in total. The SMILES string of the molecule is CC[NH+](CC(=O)Nc1cc(C(F)(F)F)ccc1Cl)CC(=O)NC(C)(C)C. The second-order valence-electron chi connectivity index (χ2n) is 7.00. The number of anilines is 1. The maximum Gasteiger partial charge on any atom is 0.416 e. The lowest BCUT2D eigenvalue weighted by Gasteiger charge is -2.23. The molecule has 0 fully saturated rings. The molecule has 1 unspecified atom stereocenters. The summed E-state index contributed by atoms with van der Waals surface area (Å²) in [5.74, 6) is -0.731. The van der Waals surface area contributed by atoms with E-state index in [4.69, 9.17) is 11.6 Å². The van der Waals surface area contributed by atoms with E-state index in [1.165, 1.54) is 0 Å². The maximum atomic E-state index is 12.8. The van der Waals surface area contributed by atoms with Crippen molar-refractivity contribution in [2.24, 2.45) is 0 Å². The van der Waals surface area contributed by atoms with Gasteiger partial charge in [-0.2, -0.15) is 13.2 Å². The van der Waals surface area contributed by atoms with Crippen molar-refractivity contribution in [3.63, 3.8) is 0 Å². The second kappa shape index (κ2) is 8.73. The topological polar surface area (TPSA) is 62.6 Å². The molecule has 1 aromatic carbocycles. The second-order valence-corrected chi connectivity index (χ2v) is 7.40. The van der Waals surface area contributed by atoms with Crippen LogP contribution < -0.4 is 15.5 Å². The molecular formula is C17H24ClF3N3O2+. The fraction of sp³-hybridized carbons (Fsp3) is 0.529. The predicted molar refractivity (Wildman–Crippen MR) is 94.2 cm³/mol. The number of quaternary nitrogens is 1. The fourth-order valence-corrected chi connectivity index (χ4v) is 2.39. The lowest BCUT2D eigenvalue weighted by Crippen LogP contribution is -3.14. The van der Waals surface area contributed by atoms with Crippen LogP contribution in [-0.2, 0) is 15.8 Å². The highest BCUT2D eigenvalue weighted by molar-refractivity contribution is 6.33. The minimum atomic E-state index is -4.53. The Morgan fingerprint density at radius 3 is 2.19 bits per heavy atom. The van der Waals surface area contributed by atoms with Gasteiger partial charge in [0.2, 0.25) is 0 Å². The third kappa shape index (κ3) is 7.61. The molecule has 0 aromatic heterocycles. The summed E-state index contributed by atoms with van der Waals surface area (Å²) in [5, 5.41) is 5.20. The molecule has 1 rings (SSSR count). The first-order chi connectivity index (χ1) is 11.8. The monoisotopic (exact) mass is 394 g/mol. The molecule has 5 nitrogen and oxygen atoms in total.